The molecule has 2 unspecified atom stereocenters. The van der Waals surface area contributed by atoms with Gasteiger partial charge in [0.2, 0.25) is 0 Å². The van der Waals surface area contributed by atoms with Crippen LogP contribution in [0, 0.1) is 0 Å². The second-order valence-corrected chi connectivity index (χ2v) is 4.91. The number of nitrogens with one attached hydrogen (secondary N) is 1. The van der Waals surface area contributed by atoms with Crippen molar-refractivity contribution >= 4 is 0 Å². The van der Waals surface area contributed by atoms with E-state index < -0.39 is 0 Å². The SMILES string of the molecule is CCN1CCCC(NCCC(O)COC)CC1. The van der Waals surface area contributed by atoms with Crippen LogP contribution < -0.4 is 5.32 Å². The summed E-state index contributed by atoms with van der Waals surface area (Å²) in [5, 5.41) is 13.1. The summed E-state index contributed by atoms with van der Waals surface area (Å²) in [6.45, 7) is 7.17. The molecule has 0 aromatic heterocycles. The summed E-state index contributed by atoms with van der Waals surface area (Å²) < 4.78 is 4.91. The number of aliphatic hydroxyl groups excluding tert-OH is 1. The van der Waals surface area contributed by atoms with E-state index in [-0.39, 0.29) is 6.10 Å². The summed E-state index contributed by atoms with van der Waals surface area (Å²) in [5.74, 6) is 0. The third-order valence-corrected chi connectivity index (χ3v) is 3.54. The van der Waals surface area contributed by atoms with E-state index in [9.17, 15) is 5.11 Å². The predicted octanol–water partition coefficient (Wildman–Crippen LogP) is 0.848. The fourth-order valence-corrected chi connectivity index (χ4v) is 2.41. The number of nitrogens with zero attached hydrogens (tertiary/aromatic N) is 1. The molecule has 1 fully saturated rings. The van der Waals surface area contributed by atoms with E-state index in [4.69, 9.17) is 4.74 Å². The lowest BCUT2D eigenvalue weighted by atomic mass is 10.1. The lowest BCUT2D eigenvalue weighted by Gasteiger charge is -2.19. The molecule has 0 aliphatic carbocycles. The van der Waals surface area contributed by atoms with Crippen molar-refractivity contribution in [3.63, 3.8) is 0 Å². The largest absolute Gasteiger partial charge is 0.391 e. The van der Waals surface area contributed by atoms with Crippen molar-refractivity contribution in [3.05, 3.63) is 0 Å². The molecular weight excluding hydrogens is 216 g/mol. The van der Waals surface area contributed by atoms with Gasteiger partial charge in [0.1, 0.15) is 0 Å². The molecule has 0 amide bonds. The molecule has 1 heterocycles. The van der Waals surface area contributed by atoms with Gasteiger partial charge in [-0.05, 0) is 51.9 Å². The maximum Gasteiger partial charge on any atom is 0.0785 e. The van der Waals surface area contributed by atoms with E-state index in [0.717, 1.165) is 13.0 Å². The maximum atomic E-state index is 9.54. The van der Waals surface area contributed by atoms with Crippen LogP contribution in [0.15, 0.2) is 0 Å². The first-order valence-corrected chi connectivity index (χ1v) is 6.89. The molecular formula is C13H28N2O2. The van der Waals surface area contributed by atoms with E-state index in [1.165, 1.54) is 38.9 Å². The number of methoxy groups -OCH3 is 1. The Labute approximate surface area is 105 Å². The van der Waals surface area contributed by atoms with Gasteiger partial charge in [0, 0.05) is 13.2 Å². The number of likely N-dealkylation sites (tertiary alicyclic amines) is 1. The third-order valence-electron chi connectivity index (χ3n) is 3.54. The van der Waals surface area contributed by atoms with Crippen LogP contribution in [-0.2, 0) is 4.74 Å². The Bertz CT molecular complexity index is 190. The molecule has 1 aliphatic heterocycles. The Balaban J connectivity index is 2.10. The standard InChI is InChI=1S/C13H28N2O2/c1-3-15-9-4-5-12(7-10-15)14-8-6-13(16)11-17-2/h12-14,16H,3-11H2,1-2H3. The Hall–Kier alpha value is -0.160. The zero-order chi connectivity index (χ0) is 12.5. The van der Waals surface area contributed by atoms with Crippen LogP contribution in [-0.4, -0.2) is 62.0 Å². The van der Waals surface area contributed by atoms with Crippen LogP contribution in [0.1, 0.15) is 32.6 Å². The van der Waals surface area contributed by atoms with Gasteiger partial charge in [-0.3, -0.25) is 0 Å². The smallest absolute Gasteiger partial charge is 0.0785 e. The van der Waals surface area contributed by atoms with Crippen molar-refractivity contribution in [3.8, 4) is 0 Å². The maximum absolute atomic E-state index is 9.54. The van der Waals surface area contributed by atoms with Crippen molar-refractivity contribution < 1.29 is 9.84 Å². The van der Waals surface area contributed by atoms with Crippen LogP contribution in [0.4, 0.5) is 0 Å². The minimum atomic E-state index is -0.328. The summed E-state index contributed by atoms with van der Waals surface area (Å²) in [6, 6.07) is 0.626. The van der Waals surface area contributed by atoms with Crippen molar-refractivity contribution in [1.29, 1.82) is 0 Å². The summed E-state index contributed by atoms with van der Waals surface area (Å²) >= 11 is 0. The Morgan fingerprint density at radius 1 is 1.41 bits per heavy atom. The summed E-state index contributed by atoms with van der Waals surface area (Å²) in [5.41, 5.74) is 0. The quantitative estimate of drug-likeness (QED) is 0.697. The van der Waals surface area contributed by atoms with Gasteiger partial charge in [0.15, 0.2) is 0 Å². The van der Waals surface area contributed by atoms with Crippen LogP contribution in [0.3, 0.4) is 0 Å². The van der Waals surface area contributed by atoms with Crippen molar-refractivity contribution in [2.24, 2.45) is 0 Å². The van der Waals surface area contributed by atoms with Crippen LogP contribution >= 0.6 is 0 Å². The monoisotopic (exact) mass is 244 g/mol. The van der Waals surface area contributed by atoms with Crippen LogP contribution in [0.5, 0.6) is 0 Å². The fraction of sp³-hybridized carbons (Fsp3) is 1.00. The van der Waals surface area contributed by atoms with E-state index in [1.54, 1.807) is 7.11 Å². The highest BCUT2D eigenvalue weighted by atomic mass is 16.5. The van der Waals surface area contributed by atoms with Gasteiger partial charge in [0.05, 0.1) is 12.7 Å². The van der Waals surface area contributed by atoms with Gasteiger partial charge in [-0.2, -0.15) is 0 Å². The zero-order valence-electron chi connectivity index (χ0n) is 11.3. The Morgan fingerprint density at radius 2 is 2.24 bits per heavy atom. The van der Waals surface area contributed by atoms with E-state index in [2.05, 4.69) is 17.1 Å². The molecule has 4 nitrogen and oxygen atoms in total. The molecule has 2 atom stereocenters. The highest BCUT2D eigenvalue weighted by Gasteiger charge is 2.15. The number of hydrogen-bond donors (Lipinski definition) is 2. The summed E-state index contributed by atoms with van der Waals surface area (Å²) in [4.78, 5) is 2.52. The Kier molecular flexibility index (Phi) is 7.77. The third kappa shape index (κ3) is 6.36. The summed E-state index contributed by atoms with van der Waals surface area (Å²) in [6.07, 6.45) is 4.23. The molecule has 2 N–H and O–H groups in total. The van der Waals surface area contributed by atoms with Crippen LogP contribution in [0.25, 0.3) is 0 Å². The highest BCUT2D eigenvalue weighted by molar-refractivity contribution is 4.74. The zero-order valence-corrected chi connectivity index (χ0v) is 11.3. The first kappa shape index (κ1) is 14.9. The van der Waals surface area contributed by atoms with Gasteiger partial charge in [-0.25, -0.2) is 0 Å². The van der Waals surface area contributed by atoms with E-state index >= 15 is 0 Å². The lowest BCUT2D eigenvalue weighted by molar-refractivity contribution is 0.0589. The molecule has 17 heavy (non-hydrogen) atoms. The van der Waals surface area contributed by atoms with Gasteiger partial charge in [0.25, 0.3) is 0 Å². The van der Waals surface area contributed by atoms with Gasteiger partial charge in [-0.1, -0.05) is 6.92 Å². The number of ether oxygens (including phenoxy) is 1. The van der Waals surface area contributed by atoms with Crippen molar-refractivity contribution in [2.75, 3.05) is 39.9 Å². The Morgan fingerprint density at radius 3 is 2.94 bits per heavy atom. The van der Waals surface area contributed by atoms with E-state index in [0.29, 0.717) is 12.6 Å². The molecule has 1 saturated heterocycles. The molecule has 0 bridgehead atoms. The number of aliphatic hydroxyl groups is 1. The molecule has 0 saturated carbocycles. The highest BCUT2D eigenvalue weighted by Crippen LogP contribution is 2.10. The average molecular weight is 244 g/mol. The molecule has 1 aliphatic rings. The molecule has 0 radical (unpaired) electrons. The topological polar surface area (TPSA) is 44.7 Å². The van der Waals surface area contributed by atoms with Crippen molar-refractivity contribution in [2.45, 2.75) is 44.8 Å². The van der Waals surface area contributed by atoms with Gasteiger partial charge >= 0.3 is 0 Å². The second-order valence-electron chi connectivity index (χ2n) is 4.91. The van der Waals surface area contributed by atoms with Crippen molar-refractivity contribution in [1.82, 2.24) is 10.2 Å². The second kappa shape index (κ2) is 8.86. The minimum absolute atomic E-state index is 0.328. The average Bonchev–Trinajstić information content (AvgIpc) is 2.55. The number of rotatable bonds is 7. The minimum Gasteiger partial charge on any atom is -0.391 e. The predicted molar refractivity (Wildman–Crippen MR) is 70.3 cm³/mol. The molecule has 4 heteroatoms. The van der Waals surface area contributed by atoms with E-state index in [1.807, 2.05) is 0 Å². The molecule has 102 valence electrons. The fourth-order valence-electron chi connectivity index (χ4n) is 2.41. The summed E-state index contributed by atoms with van der Waals surface area (Å²) in [7, 11) is 1.63. The first-order valence-electron chi connectivity index (χ1n) is 6.89. The number of hydrogen-bond acceptors (Lipinski definition) is 4. The van der Waals surface area contributed by atoms with Gasteiger partial charge in [-0.15, -0.1) is 0 Å². The first-order chi connectivity index (χ1) is 8.26. The molecule has 0 spiro atoms. The van der Waals surface area contributed by atoms with Crippen LogP contribution in [0.2, 0.25) is 0 Å². The molecule has 0 aromatic carbocycles. The molecule has 0 aromatic rings. The lowest BCUT2D eigenvalue weighted by Crippen LogP contribution is -2.33. The van der Waals surface area contributed by atoms with Gasteiger partial charge < -0.3 is 20.1 Å². The molecule has 1 rings (SSSR count). The normalized spacial score (nSPS) is 24.5.